The van der Waals surface area contributed by atoms with Crippen LogP contribution in [0.15, 0.2) is 0 Å². The van der Waals surface area contributed by atoms with Crippen LogP contribution >= 0.6 is 15.6 Å². The third kappa shape index (κ3) is 31.3. The molecule has 0 aromatic heterocycles. The summed E-state index contributed by atoms with van der Waals surface area (Å²) in [5.41, 5.74) is 0. The van der Waals surface area contributed by atoms with Crippen molar-refractivity contribution in [2.24, 2.45) is 0 Å². The van der Waals surface area contributed by atoms with Gasteiger partial charge >= 0.3 is 104 Å². The molecule has 0 saturated heterocycles. The summed E-state index contributed by atoms with van der Waals surface area (Å²) < 4.78 is 22.2. The van der Waals surface area contributed by atoms with Gasteiger partial charge in [-0.2, -0.15) is 4.31 Å². The van der Waals surface area contributed by atoms with Gasteiger partial charge in [0.25, 0.3) is 0 Å². The molecular weight excluding hydrogens is 259 g/mol. The Labute approximate surface area is 145 Å². The molecule has 6 N–H and O–H groups in total. The van der Waals surface area contributed by atoms with Crippen LogP contribution in [0.2, 0.25) is 0 Å². The summed E-state index contributed by atoms with van der Waals surface area (Å²) >= 11 is 0. The van der Waals surface area contributed by atoms with E-state index < -0.39 is 15.6 Å². The van der Waals surface area contributed by atoms with Gasteiger partial charge < -0.3 is 29.3 Å². The quantitative estimate of drug-likeness (QED) is 0.286. The second-order valence-electron chi connectivity index (χ2n) is 1.06. The predicted molar refractivity (Wildman–Crippen MR) is 32.1 cm³/mol. The zero-order chi connectivity index (χ0) is 7.71. The van der Waals surface area contributed by atoms with Gasteiger partial charge in [-0.05, 0) is 0 Å². The molecule has 0 aromatic rings. The van der Waals surface area contributed by atoms with Gasteiger partial charge in [0.05, 0.1) is 0 Å². The Kier molecular flexibility index (Phi) is 26.9. The predicted octanol–water partition coefficient (Wildman–Crippen LogP) is -10.3. The molecule has 0 aliphatic heterocycles. The van der Waals surface area contributed by atoms with E-state index in [-0.39, 0.29) is 98.4 Å². The van der Waals surface area contributed by atoms with Gasteiger partial charge in [0.2, 0.25) is 0 Å². The van der Waals surface area contributed by atoms with E-state index in [9.17, 15) is 9.13 Å². The minimum atomic E-state index is -5.05. The second kappa shape index (κ2) is 11.7. The molecule has 0 fully saturated rings. The summed E-state index contributed by atoms with van der Waals surface area (Å²) in [4.78, 5) is 31.0. The van der Waals surface area contributed by atoms with Gasteiger partial charge in [0.1, 0.15) is 0 Å². The molecule has 0 rings (SSSR count). The topological polar surface area (TPSA) is 156 Å². The Balaban J connectivity index is -0.0000000152. The summed E-state index contributed by atoms with van der Waals surface area (Å²) in [6.45, 7) is 0. The van der Waals surface area contributed by atoms with Gasteiger partial charge in [-0.15, -0.1) is 0 Å². The van der Waals surface area contributed by atoms with Crippen molar-refractivity contribution in [2.75, 3.05) is 0 Å². The molecular formula is H9Na3O8P2. The Morgan fingerprint density at radius 1 is 0.846 bits per heavy atom. The minimum absolute atomic E-state index is 0. The maximum Gasteiger partial charge on any atom is 1.00 e. The molecule has 0 amide bonds. The average Bonchev–Trinajstić information content (AvgIpc) is 1.14. The Morgan fingerprint density at radius 2 is 1.00 bits per heavy atom. The van der Waals surface area contributed by atoms with Crippen LogP contribution in [0.3, 0.4) is 0 Å². The van der Waals surface area contributed by atoms with E-state index in [1.54, 1.807) is 0 Å². The standard InChI is InChI=1S/3Na.H4O7P2.H2O.3H/c;;;1-8(2,3)7-9(4,5)6;;;;/h;;;(H2,1,2,3)(H2,4,5,6);1H2;;;/q3*+1;;;3*-1. The summed E-state index contributed by atoms with van der Waals surface area (Å²) in [6.07, 6.45) is 0. The van der Waals surface area contributed by atoms with Crippen LogP contribution in [-0.4, -0.2) is 25.0 Å². The van der Waals surface area contributed by atoms with Crippen LogP contribution < -0.4 is 88.7 Å². The molecule has 0 heterocycles. The molecule has 0 radical (unpaired) electrons. The third-order valence-corrected chi connectivity index (χ3v) is 1.91. The Bertz CT molecular complexity index is 169. The molecule has 0 unspecified atom stereocenters. The fourth-order valence-electron chi connectivity index (χ4n) is 0.139. The van der Waals surface area contributed by atoms with Crippen LogP contribution in [-0.2, 0) is 13.4 Å². The van der Waals surface area contributed by atoms with E-state index >= 15 is 0 Å². The van der Waals surface area contributed by atoms with Crippen molar-refractivity contribution in [1.29, 1.82) is 0 Å². The SMILES string of the molecule is O.O=P(O)(O)OP(=O)(O)O.[H-].[H-].[H-].[Na+].[Na+].[Na+]. The summed E-state index contributed by atoms with van der Waals surface area (Å²) in [6, 6.07) is 0. The van der Waals surface area contributed by atoms with Crippen LogP contribution in [0.5, 0.6) is 0 Å². The molecule has 0 spiro atoms. The fourth-order valence-corrected chi connectivity index (χ4v) is 1.25. The van der Waals surface area contributed by atoms with Gasteiger partial charge in [-0.3, -0.25) is 0 Å². The minimum Gasteiger partial charge on any atom is -1.00 e. The van der Waals surface area contributed by atoms with Crippen LogP contribution in [0, 0.1) is 0 Å². The van der Waals surface area contributed by atoms with Gasteiger partial charge in [-0.1, -0.05) is 0 Å². The van der Waals surface area contributed by atoms with E-state index in [2.05, 4.69) is 4.31 Å². The van der Waals surface area contributed by atoms with Crippen molar-refractivity contribution in [1.82, 2.24) is 0 Å². The molecule has 70 valence electrons. The van der Waals surface area contributed by atoms with Gasteiger partial charge in [-0.25, -0.2) is 9.13 Å². The largest absolute Gasteiger partial charge is 1.00 e. The monoisotopic (exact) mass is 268 g/mol. The van der Waals surface area contributed by atoms with Gasteiger partial charge in [0.15, 0.2) is 0 Å². The van der Waals surface area contributed by atoms with Gasteiger partial charge in [0, 0.05) is 0 Å². The number of phosphoric acid groups is 2. The van der Waals surface area contributed by atoms with E-state index in [1.807, 2.05) is 0 Å². The molecule has 0 aliphatic carbocycles. The van der Waals surface area contributed by atoms with E-state index in [0.29, 0.717) is 0 Å². The number of hydrogen-bond acceptors (Lipinski definition) is 3. The zero-order valence-corrected chi connectivity index (χ0v) is 15.2. The van der Waals surface area contributed by atoms with Crippen molar-refractivity contribution >= 4 is 15.6 Å². The summed E-state index contributed by atoms with van der Waals surface area (Å²) in [7, 11) is -10.1. The molecule has 0 aromatic carbocycles. The molecule has 13 heavy (non-hydrogen) atoms. The second-order valence-corrected chi connectivity index (χ2v) is 3.68. The third-order valence-electron chi connectivity index (χ3n) is 0.213. The van der Waals surface area contributed by atoms with Crippen molar-refractivity contribution in [2.45, 2.75) is 0 Å². The maximum atomic E-state index is 9.63. The van der Waals surface area contributed by atoms with Crippen molar-refractivity contribution in [3.8, 4) is 0 Å². The first-order valence-corrected chi connectivity index (χ1v) is 4.59. The molecule has 0 saturated carbocycles. The zero-order valence-electron chi connectivity index (χ0n) is 10.4. The number of hydrogen-bond donors (Lipinski definition) is 4. The Hall–Kier alpha value is 3.22. The normalized spacial score (nSPS) is 9.54. The molecule has 13 heteroatoms. The summed E-state index contributed by atoms with van der Waals surface area (Å²) in [5, 5.41) is 0. The maximum absolute atomic E-state index is 9.63. The molecule has 0 aliphatic rings. The molecule has 0 bridgehead atoms. The number of rotatable bonds is 2. The van der Waals surface area contributed by atoms with Crippen molar-refractivity contribution in [3.63, 3.8) is 0 Å². The van der Waals surface area contributed by atoms with Crippen LogP contribution in [0.4, 0.5) is 0 Å². The molecule has 8 nitrogen and oxygen atoms in total. The first-order valence-electron chi connectivity index (χ1n) is 1.53. The Morgan fingerprint density at radius 3 is 1.00 bits per heavy atom. The summed E-state index contributed by atoms with van der Waals surface area (Å²) in [5.74, 6) is 0. The average molecular weight is 268 g/mol. The first kappa shape index (κ1) is 29.8. The van der Waals surface area contributed by atoms with Crippen LogP contribution in [0.25, 0.3) is 0 Å². The van der Waals surface area contributed by atoms with Crippen molar-refractivity contribution in [3.05, 3.63) is 0 Å². The van der Waals surface area contributed by atoms with E-state index in [1.165, 1.54) is 0 Å². The smallest absolute Gasteiger partial charge is 1.00 e. The fraction of sp³-hybridized carbons (Fsp3) is 0. The van der Waals surface area contributed by atoms with Crippen molar-refractivity contribution < 1.29 is 131 Å². The first-order chi connectivity index (χ1) is 3.71. The van der Waals surface area contributed by atoms with E-state index in [0.717, 1.165) is 0 Å². The van der Waals surface area contributed by atoms with E-state index in [4.69, 9.17) is 19.6 Å². The van der Waals surface area contributed by atoms with Crippen LogP contribution in [0.1, 0.15) is 4.28 Å². The molecule has 0 atom stereocenters.